The maximum Gasteiger partial charge on any atom is 0.392 e. The van der Waals surface area contributed by atoms with Crippen LogP contribution >= 0.6 is 0 Å². The van der Waals surface area contributed by atoms with Gasteiger partial charge >= 0.3 is 12.2 Å². The molecule has 21 heavy (non-hydrogen) atoms. The predicted molar refractivity (Wildman–Crippen MR) is 69.9 cm³/mol. The smallest absolute Gasteiger partial charge is 0.338 e. The lowest BCUT2D eigenvalue weighted by Gasteiger charge is -2.07. The van der Waals surface area contributed by atoms with Gasteiger partial charge in [-0.15, -0.1) is 0 Å². The largest absolute Gasteiger partial charge is 0.392 e. The number of carbonyl (C=O) groups is 1. The number of halogens is 3. The maximum atomic E-state index is 12.4. The molecule has 112 valence electrons. The van der Waals surface area contributed by atoms with Crippen LogP contribution < -0.4 is 10.6 Å². The number of rotatable bonds is 3. The van der Waals surface area contributed by atoms with E-state index in [0.717, 1.165) is 0 Å². The Morgan fingerprint density at radius 2 is 2.24 bits per heavy atom. The minimum Gasteiger partial charge on any atom is -0.338 e. The van der Waals surface area contributed by atoms with Gasteiger partial charge in [0.05, 0.1) is 23.3 Å². The van der Waals surface area contributed by atoms with E-state index in [9.17, 15) is 18.0 Å². The molecule has 1 fully saturated rings. The second-order valence-electron chi connectivity index (χ2n) is 5.07. The van der Waals surface area contributed by atoms with Crippen LogP contribution in [0.1, 0.15) is 6.42 Å². The number of pyridine rings is 1. The van der Waals surface area contributed by atoms with Crippen LogP contribution in [0, 0.1) is 11.8 Å². The van der Waals surface area contributed by atoms with Crippen molar-refractivity contribution in [2.75, 3.05) is 11.9 Å². The zero-order valence-electron chi connectivity index (χ0n) is 10.9. The van der Waals surface area contributed by atoms with E-state index < -0.39 is 24.0 Å². The van der Waals surface area contributed by atoms with Gasteiger partial charge in [0.2, 0.25) is 0 Å². The number of anilines is 1. The van der Waals surface area contributed by atoms with Crippen molar-refractivity contribution >= 4 is 17.2 Å². The van der Waals surface area contributed by atoms with Gasteiger partial charge in [-0.3, -0.25) is 0 Å². The second kappa shape index (κ2) is 4.94. The highest BCUT2D eigenvalue weighted by Crippen LogP contribution is 2.49. The number of hydrogen-bond donors (Lipinski definition) is 2. The standard InChI is InChI=1S/C13H13F3N4O/c14-13(15,16)9-5-8(9)6-17-12(21)19-10-7-18-20-4-2-1-3-11(10)20/h1-4,7-9H,5-6H2,(H2,17,19,21)/t8-,9+/m0/s1. The lowest BCUT2D eigenvalue weighted by molar-refractivity contribution is -0.150. The molecular formula is C13H13F3N4O. The summed E-state index contributed by atoms with van der Waals surface area (Å²) in [6, 6.07) is 4.86. The van der Waals surface area contributed by atoms with Gasteiger partial charge in [-0.2, -0.15) is 18.3 Å². The van der Waals surface area contributed by atoms with Gasteiger partial charge < -0.3 is 10.6 Å². The molecule has 1 aliphatic rings. The molecule has 2 atom stereocenters. The average Bonchev–Trinajstić information content (AvgIpc) is 3.13. The van der Waals surface area contributed by atoms with E-state index in [1.54, 1.807) is 28.9 Å². The van der Waals surface area contributed by atoms with Crippen molar-refractivity contribution in [3.05, 3.63) is 30.6 Å². The second-order valence-corrected chi connectivity index (χ2v) is 5.07. The van der Waals surface area contributed by atoms with Crippen LogP contribution in [0.25, 0.3) is 5.52 Å². The zero-order chi connectivity index (χ0) is 15.0. The van der Waals surface area contributed by atoms with E-state index in [1.165, 1.54) is 6.20 Å². The Kier molecular flexibility index (Phi) is 3.23. The lowest BCUT2D eigenvalue weighted by Crippen LogP contribution is -2.31. The summed E-state index contributed by atoms with van der Waals surface area (Å²) in [5.41, 5.74) is 1.23. The van der Waals surface area contributed by atoms with Crippen molar-refractivity contribution in [2.24, 2.45) is 11.8 Å². The Morgan fingerprint density at radius 3 is 2.95 bits per heavy atom. The number of nitrogens with one attached hydrogen (secondary N) is 2. The highest BCUT2D eigenvalue weighted by atomic mass is 19.4. The fourth-order valence-corrected chi connectivity index (χ4v) is 2.30. The first kappa shape index (κ1) is 13.7. The number of hydrogen-bond acceptors (Lipinski definition) is 2. The molecule has 0 bridgehead atoms. The Hall–Kier alpha value is -2.25. The Bertz CT molecular complexity index is 667. The summed E-state index contributed by atoms with van der Waals surface area (Å²) < 4.78 is 38.7. The number of urea groups is 1. The van der Waals surface area contributed by atoms with Crippen LogP contribution in [0.4, 0.5) is 23.7 Å². The minimum absolute atomic E-state index is 0.0230. The molecule has 1 saturated carbocycles. The van der Waals surface area contributed by atoms with E-state index in [2.05, 4.69) is 15.7 Å². The number of amides is 2. The minimum atomic E-state index is -4.16. The first-order valence-electron chi connectivity index (χ1n) is 6.49. The molecule has 8 heteroatoms. The van der Waals surface area contributed by atoms with Gasteiger partial charge in [-0.1, -0.05) is 6.07 Å². The van der Waals surface area contributed by atoms with Crippen LogP contribution in [-0.4, -0.2) is 28.4 Å². The molecule has 2 aromatic heterocycles. The zero-order valence-corrected chi connectivity index (χ0v) is 10.9. The normalized spacial score (nSPS) is 21.3. The van der Waals surface area contributed by atoms with Gasteiger partial charge in [-0.05, 0) is 24.5 Å². The predicted octanol–water partition coefficient (Wildman–Crippen LogP) is 2.65. The first-order valence-corrected chi connectivity index (χ1v) is 6.49. The molecule has 1 aliphatic carbocycles. The van der Waals surface area contributed by atoms with Gasteiger partial charge in [0.1, 0.15) is 0 Å². The molecule has 2 N–H and O–H groups in total. The van der Waals surface area contributed by atoms with Crippen LogP contribution in [-0.2, 0) is 0 Å². The molecule has 0 saturated heterocycles. The molecule has 0 aromatic carbocycles. The highest BCUT2D eigenvalue weighted by molar-refractivity contribution is 5.93. The lowest BCUT2D eigenvalue weighted by atomic mass is 10.3. The quantitative estimate of drug-likeness (QED) is 0.915. The number of carbonyl (C=O) groups excluding carboxylic acids is 1. The number of alkyl halides is 3. The van der Waals surface area contributed by atoms with E-state index >= 15 is 0 Å². The maximum absolute atomic E-state index is 12.4. The van der Waals surface area contributed by atoms with E-state index in [-0.39, 0.29) is 13.0 Å². The van der Waals surface area contributed by atoms with E-state index in [1.807, 2.05) is 0 Å². The van der Waals surface area contributed by atoms with Crippen LogP contribution in [0.5, 0.6) is 0 Å². The third kappa shape index (κ3) is 2.93. The van der Waals surface area contributed by atoms with Crippen molar-refractivity contribution in [1.82, 2.24) is 14.9 Å². The topological polar surface area (TPSA) is 58.4 Å². The fraction of sp³-hybridized carbons (Fsp3) is 0.385. The Balaban J connectivity index is 1.53. The first-order chi connectivity index (χ1) is 9.95. The fourth-order valence-electron chi connectivity index (χ4n) is 2.30. The average molecular weight is 298 g/mol. The van der Waals surface area contributed by atoms with E-state index in [0.29, 0.717) is 11.2 Å². The summed E-state index contributed by atoms with van der Waals surface area (Å²) in [4.78, 5) is 11.7. The summed E-state index contributed by atoms with van der Waals surface area (Å²) in [5, 5.41) is 9.10. The van der Waals surface area contributed by atoms with Crippen molar-refractivity contribution in [1.29, 1.82) is 0 Å². The van der Waals surface area contributed by atoms with Gasteiger partial charge in [0.25, 0.3) is 0 Å². The molecule has 2 aromatic rings. The Morgan fingerprint density at radius 1 is 1.43 bits per heavy atom. The summed E-state index contributed by atoms with van der Waals surface area (Å²) >= 11 is 0. The summed E-state index contributed by atoms with van der Waals surface area (Å²) in [6.45, 7) is 0.0230. The van der Waals surface area contributed by atoms with Gasteiger partial charge in [0.15, 0.2) is 0 Å². The molecule has 3 rings (SSSR count). The van der Waals surface area contributed by atoms with Crippen LogP contribution in [0.15, 0.2) is 30.6 Å². The molecule has 0 aliphatic heterocycles. The van der Waals surface area contributed by atoms with Gasteiger partial charge in [0, 0.05) is 12.7 Å². The molecule has 0 radical (unpaired) electrons. The van der Waals surface area contributed by atoms with Crippen molar-refractivity contribution in [3.63, 3.8) is 0 Å². The summed E-state index contributed by atoms with van der Waals surface area (Å²) in [7, 11) is 0. The molecular weight excluding hydrogens is 285 g/mol. The highest BCUT2D eigenvalue weighted by Gasteiger charge is 2.55. The third-order valence-corrected chi connectivity index (χ3v) is 3.54. The van der Waals surface area contributed by atoms with Crippen molar-refractivity contribution in [2.45, 2.75) is 12.6 Å². The number of aromatic nitrogens is 2. The number of nitrogens with zero attached hydrogens (tertiary/aromatic N) is 2. The van der Waals surface area contributed by atoms with Gasteiger partial charge in [-0.25, -0.2) is 9.31 Å². The van der Waals surface area contributed by atoms with Crippen LogP contribution in [0.2, 0.25) is 0 Å². The molecule has 0 unspecified atom stereocenters. The van der Waals surface area contributed by atoms with Crippen molar-refractivity contribution < 1.29 is 18.0 Å². The molecule has 2 heterocycles. The number of fused-ring (bicyclic) bond motifs is 1. The third-order valence-electron chi connectivity index (χ3n) is 3.54. The monoisotopic (exact) mass is 298 g/mol. The molecule has 2 amide bonds. The molecule has 0 spiro atoms. The Labute approximate surface area is 118 Å². The van der Waals surface area contributed by atoms with E-state index in [4.69, 9.17) is 0 Å². The summed E-state index contributed by atoms with van der Waals surface area (Å²) in [6.07, 6.45) is -0.854. The van der Waals surface area contributed by atoms with Crippen LogP contribution in [0.3, 0.4) is 0 Å². The summed E-state index contributed by atoms with van der Waals surface area (Å²) in [5.74, 6) is -1.80. The van der Waals surface area contributed by atoms with Crippen molar-refractivity contribution in [3.8, 4) is 0 Å². The molecule has 5 nitrogen and oxygen atoms in total. The SMILES string of the molecule is O=C(NC[C@@H]1C[C@H]1C(F)(F)F)Nc1cnn2ccccc12.